The van der Waals surface area contributed by atoms with Crippen LogP contribution in [0, 0.1) is 5.92 Å². The maximum atomic E-state index is 12.4. The minimum absolute atomic E-state index is 0.00391. The number of nitrogens with zero attached hydrogens (tertiary/aromatic N) is 1. The van der Waals surface area contributed by atoms with Crippen LogP contribution in [0.3, 0.4) is 0 Å². The molecule has 1 aromatic rings. The van der Waals surface area contributed by atoms with Gasteiger partial charge in [-0.25, -0.2) is 0 Å². The fourth-order valence-corrected chi connectivity index (χ4v) is 2.80. The number of carbonyl (C=O) groups excluding carboxylic acids is 1. The highest BCUT2D eigenvalue weighted by Crippen LogP contribution is 2.36. The number of benzene rings is 1. The van der Waals surface area contributed by atoms with Crippen LogP contribution >= 0.6 is 11.6 Å². The number of nitrogens with one attached hydrogen (secondary N) is 1. The quantitative estimate of drug-likeness (QED) is 0.928. The molecule has 5 nitrogen and oxygen atoms in total. The van der Waals surface area contributed by atoms with E-state index in [2.05, 4.69) is 10.2 Å². The number of amides is 1. The SMILES string of the molecule is COc1cc(NC(=O)[C@H]2CCCN(C)C2)c(OC)cc1Cl. The summed E-state index contributed by atoms with van der Waals surface area (Å²) < 4.78 is 10.5. The Morgan fingerprint density at radius 3 is 2.67 bits per heavy atom. The van der Waals surface area contributed by atoms with E-state index in [1.807, 2.05) is 7.05 Å². The Hall–Kier alpha value is -1.46. The zero-order valence-corrected chi connectivity index (χ0v) is 13.4. The van der Waals surface area contributed by atoms with Crippen molar-refractivity contribution < 1.29 is 14.3 Å². The summed E-state index contributed by atoms with van der Waals surface area (Å²) in [6, 6.07) is 3.33. The molecule has 0 radical (unpaired) electrons. The summed E-state index contributed by atoms with van der Waals surface area (Å²) in [6.07, 6.45) is 1.94. The Balaban J connectivity index is 2.16. The van der Waals surface area contributed by atoms with E-state index in [1.54, 1.807) is 19.2 Å². The highest BCUT2D eigenvalue weighted by molar-refractivity contribution is 6.32. The lowest BCUT2D eigenvalue weighted by molar-refractivity contribution is -0.121. The summed E-state index contributed by atoms with van der Waals surface area (Å²) >= 11 is 6.06. The van der Waals surface area contributed by atoms with Gasteiger partial charge in [-0.3, -0.25) is 4.79 Å². The van der Waals surface area contributed by atoms with Crippen molar-refractivity contribution >= 4 is 23.2 Å². The molecule has 1 amide bonds. The van der Waals surface area contributed by atoms with Gasteiger partial charge in [0.25, 0.3) is 0 Å². The fourth-order valence-electron chi connectivity index (χ4n) is 2.57. The van der Waals surface area contributed by atoms with E-state index in [-0.39, 0.29) is 11.8 Å². The van der Waals surface area contributed by atoms with Crippen molar-refractivity contribution in [1.82, 2.24) is 4.90 Å². The topological polar surface area (TPSA) is 50.8 Å². The molecule has 0 unspecified atom stereocenters. The van der Waals surface area contributed by atoms with Gasteiger partial charge < -0.3 is 19.7 Å². The predicted molar refractivity (Wildman–Crippen MR) is 83.4 cm³/mol. The number of likely N-dealkylation sites (tertiary alicyclic amines) is 1. The summed E-state index contributed by atoms with van der Waals surface area (Å²) in [4.78, 5) is 14.6. The number of methoxy groups -OCH3 is 2. The number of hydrogen-bond acceptors (Lipinski definition) is 4. The Bertz CT molecular complexity index is 522. The molecule has 6 heteroatoms. The van der Waals surface area contributed by atoms with E-state index in [0.29, 0.717) is 22.2 Å². The summed E-state index contributed by atoms with van der Waals surface area (Å²) in [5, 5.41) is 3.37. The van der Waals surface area contributed by atoms with Crippen LogP contribution in [0.2, 0.25) is 5.02 Å². The van der Waals surface area contributed by atoms with Crippen molar-refractivity contribution in [1.29, 1.82) is 0 Å². The third kappa shape index (κ3) is 3.80. The van der Waals surface area contributed by atoms with E-state index in [0.717, 1.165) is 25.9 Å². The molecule has 21 heavy (non-hydrogen) atoms. The molecule has 1 fully saturated rings. The predicted octanol–water partition coefficient (Wildman–Crippen LogP) is 2.64. The first-order valence-electron chi connectivity index (χ1n) is 6.96. The van der Waals surface area contributed by atoms with Crippen molar-refractivity contribution in [3.63, 3.8) is 0 Å². The molecule has 1 saturated heterocycles. The lowest BCUT2D eigenvalue weighted by Crippen LogP contribution is -2.38. The molecule has 0 bridgehead atoms. The van der Waals surface area contributed by atoms with Crippen LogP contribution in [0.5, 0.6) is 11.5 Å². The molecule has 0 aliphatic carbocycles. The number of carbonyl (C=O) groups is 1. The first kappa shape index (κ1) is 15.9. The van der Waals surface area contributed by atoms with E-state index in [1.165, 1.54) is 7.11 Å². The van der Waals surface area contributed by atoms with E-state index in [9.17, 15) is 4.79 Å². The number of anilines is 1. The van der Waals surface area contributed by atoms with Crippen molar-refractivity contribution in [3.05, 3.63) is 17.2 Å². The molecule has 1 heterocycles. The molecule has 0 saturated carbocycles. The fraction of sp³-hybridized carbons (Fsp3) is 0.533. The molecule has 0 aromatic heterocycles. The van der Waals surface area contributed by atoms with Gasteiger partial charge >= 0.3 is 0 Å². The monoisotopic (exact) mass is 312 g/mol. The maximum Gasteiger partial charge on any atom is 0.228 e. The van der Waals surface area contributed by atoms with Gasteiger partial charge in [0.2, 0.25) is 5.91 Å². The van der Waals surface area contributed by atoms with Gasteiger partial charge in [0.05, 0.1) is 30.8 Å². The minimum atomic E-state index is -0.00451. The molecule has 1 atom stereocenters. The Labute approximate surface area is 130 Å². The highest BCUT2D eigenvalue weighted by atomic mass is 35.5. The molecule has 2 rings (SSSR count). The summed E-state index contributed by atoms with van der Waals surface area (Å²) in [5.41, 5.74) is 0.581. The molecule has 1 aromatic carbocycles. The van der Waals surface area contributed by atoms with E-state index in [4.69, 9.17) is 21.1 Å². The average Bonchev–Trinajstić information content (AvgIpc) is 2.48. The summed E-state index contributed by atoms with van der Waals surface area (Å²) in [5.74, 6) is 1.03. The van der Waals surface area contributed by atoms with Crippen molar-refractivity contribution in [3.8, 4) is 11.5 Å². The van der Waals surface area contributed by atoms with Crippen LogP contribution in [-0.2, 0) is 4.79 Å². The lowest BCUT2D eigenvalue weighted by atomic mass is 9.97. The van der Waals surface area contributed by atoms with Gasteiger partial charge in [0.1, 0.15) is 11.5 Å². The molecule has 1 aliphatic heterocycles. The van der Waals surface area contributed by atoms with Crippen LogP contribution in [0.4, 0.5) is 5.69 Å². The first-order chi connectivity index (χ1) is 10.0. The first-order valence-corrected chi connectivity index (χ1v) is 7.34. The van der Waals surface area contributed by atoms with Crippen LogP contribution in [-0.4, -0.2) is 45.2 Å². The Morgan fingerprint density at radius 2 is 2.05 bits per heavy atom. The molecule has 1 aliphatic rings. The van der Waals surface area contributed by atoms with Crippen LogP contribution in [0.15, 0.2) is 12.1 Å². The van der Waals surface area contributed by atoms with Crippen molar-refractivity contribution in [2.75, 3.05) is 39.7 Å². The standard InChI is InChI=1S/C15H21ClN2O3/c1-18-6-4-5-10(9-18)15(19)17-12-8-13(20-2)11(16)7-14(12)21-3/h7-8,10H,4-6,9H2,1-3H3,(H,17,19)/t10-/m0/s1. The van der Waals surface area contributed by atoms with Gasteiger partial charge in [0.15, 0.2) is 0 Å². The van der Waals surface area contributed by atoms with Gasteiger partial charge in [-0.15, -0.1) is 0 Å². The number of piperidine rings is 1. The Kier molecular flexibility index (Phi) is 5.31. The number of hydrogen-bond donors (Lipinski definition) is 1. The second kappa shape index (κ2) is 7.00. The molecule has 1 N–H and O–H groups in total. The van der Waals surface area contributed by atoms with Crippen LogP contribution < -0.4 is 14.8 Å². The lowest BCUT2D eigenvalue weighted by Gasteiger charge is -2.28. The maximum absolute atomic E-state index is 12.4. The largest absolute Gasteiger partial charge is 0.495 e. The van der Waals surface area contributed by atoms with Crippen molar-refractivity contribution in [2.24, 2.45) is 5.92 Å². The molecule has 116 valence electrons. The second-order valence-corrected chi connectivity index (χ2v) is 5.68. The molecular formula is C15H21ClN2O3. The third-order valence-corrected chi connectivity index (χ3v) is 4.02. The number of halogens is 1. The third-order valence-electron chi connectivity index (χ3n) is 3.73. The summed E-state index contributed by atoms with van der Waals surface area (Å²) in [6.45, 7) is 1.82. The zero-order valence-electron chi connectivity index (χ0n) is 12.6. The number of rotatable bonds is 4. The second-order valence-electron chi connectivity index (χ2n) is 5.28. The Morgan fingerprint density at radius 1 is 1.33 bits per heavy atom. The van der Waals surface area contributed by atoms with Crippen molar-refractivity contribution in [2.45, 2.75) is 12.8 Å². The molecular weight excluding hydrogens is 292 g/mol. The smallest absolute Gasteiger partial charge is 0.228 e. The average molecular weight is 313 g/mol. The van der Waals surface area contributed by atoms with Gasteiger partial charge in [-0.2, -0.15) is 0 Å². The normalized spacial score (nSPS) is 19.1. The van der Waals surface area contributed by atoms with Gasteiger partial charge in [0, 0.05) is 18.7 Å². The zero-order chi connectivity index (χ0) is 15.4. The minimum Gasteiger partial charge on any atom is -0.495 e. The van der Waals surface area contributed by atoms with E-state index < -0.39 is 0 Å². The highest BCUT2D eigenvalue weighted by Gasteiger charge is 2.25. The summed E-state index contributed by atoms with van der Waals surface area (Å²) in [7, 11) is 5.11. The van der Waals surface area contributed by atoms with Crippen LogP contribution in [0.25, 0.3) is 0 Å². The number of ether oxygens (including phenoxy) is 2. The van der Waals surface area contributed by atoms with Gasteiger partial charge in [-0.05, 0) is 26.4 Å². The van der Waals surface area contributed by atoms with E-state index >= 15 is 0 Å². The molecule has 0 spiro atoms. The van der Waals surface area contributed by atoms with Gasteiger partial charge in [-0.1, -0.05) is 11.6 Å². The van der Waals surface area contributed by atoms with Crippen LogP contribution in [0.1, 0.15) is 12.8 Å².